The molecule has 2 aromatic carbocycles. The highest BCUT2D eigenvalue weighted by Gasteiger charge is 2.21. The first kappa shape index (κ1) is 17.8. The zero-order chi connectivity index (χ0) is 19.8. The topological polar surface area (TPSA) is 90.0 Å². The molecule has 146 valence electrons. The minimum atomic E-state index is -1.04. The van der Waals surface area contributed by atoms with E-state index in [1.54, 1.807) is 17.4 Å². The summed E-state index contributed by atoms with van der Waals surface area (Å²) in [6.45, 7) is 0.822. The van der Waals surface area contributed by atoms with E-state index in [0.717, 1.165) is 47.8 Å². The van der Waals surface area contributed by atoms with Crippen LogP contribution in [0.15, 0.2) is 48.7 Å². The molecule has 0 saturated heterocycles. The van der Waals surface area contributed by atoms with Gasteiger partial charge in [-0.3, -0.25) is 5.32 Å². The molecule has 0 saturated carbocycles. The van der Waals surface area contributed by atoms with E-state index in [-0.39, 0.29) is 0 Å². The molecule has 5 rings (SSSR count). The van der Waals surface area contributed by atoms with Crippen molar-refractivity contribution in [2.45, 2.75) is 19.3 Å². The number of para-hydroxylation sites is 1. The number of hydrogen-bond donors (Lipinski definition) is 4. The second-order valence-corrected chi connectivity index (χ2v) is 8.21. The Morgan fingerprint density at radius 1 is 1.21 bits per heavy atom. The molecule has 1 aliphatic rings. The van der Waals surface area contributed by atoms with Crippen molar-refractivity contribution in [2.24, 2.45) is 0 Å². The van der Waals surface area contributed by atoms with E-state index >= 15 is 0 Å². The van der Waals surface area contributed by atoms with Crippen LogP contribution in [0.3, 0.4) is 0 Å². The Balaban J connectivity index is 1.30. The Kier molecular flexibility index (Phi) is 4.44. The highest BCUT2D eigenvalue weighted by molar-refractivity contribution is 7.16. The summed E-state index contributed by atoms with van der Waals surface area (Å²) < 4.78 is 0. The number of aromatic nitrogens is 2. The molecular weight excluding hydrogens is 384 g/mol. The average molecular weight is 404 g/mol. The Morgan fingerprint density at radius 2 is 2.10 bits per heavy atom. The van der Waals surface area contributed by atoms with Crippen molar-refractivity contribution in [2.75, 3.05) is 17.2 Å². The van der Waals surface area contributed by atoms with Crippen LogP contribution in [0.1, 0.15) is 16.0 Å². The molecule has 0 radical (unpaired) electrons. The third kappa shape index (κ3) is 3.45. The Hall–Kier alpha value is -3.32. The monoisotopic (exact) mass is 404 g/mol. The quantitative estimate of drug-likeness (QED) is 0.371. The van der Waals surface area contributed by atoms with Crippen molar-refractivity contribution >= 4 is 39.2 Å². The third-order valence-electron chi connectivity index (χ3n) is 5.28. The third-order valence-corrected chi connectivity index (χ3v) is 6.35. The lowest BCUT2D eigenvalue weighted by Gasteiger charge is -2.15. The van der Waals surface area contributed by atoms with Crippen LogP contribution in [0.25, 0.3) is 22.2 Å². The summed E-state index contributed by atoms with van der Waals surface area (Å²) in [4.78, 5) is 20.3. The van der Waals surface area contributed by atoms with Crippen molar-refractivity contribution in [3.8, 4) is 11.3 Å². The SMILES string of the molecule is O=C(O)Nc1ccc2c(c1)CCc1sc(NCCc3c[nH]c4ccccc34)nc1-2. The number of anilines is 2. The molecule has 2 heterocycles. The molecule has 1 amide bonds. The molecule has 0 aliphatic heterocycles. The predicted octanol–water partition coefficient (Wildman–Crippen LogP) is 5.13. The number of benzene rings is 2. The largest absolute Gasteiger partial charge is 0.465 e. The van der Waals surface area contributed by atoms with Gasteiger partial charge in [-0.1, -0.05) is 24.3 Å². The normalized spacial score (nSPS) is 12.4. The number of carbonyl (C=O) groups is 1. The van der Waals surface area contributed by atoms with E-state index in [1.165, 1.54) is 21.3 Å². The molecule has 2 aromatic heterocycles. The van der Waals surface area contributed by atoms with Gasteiger partial charge in [0.1, 0.15) is 0 Å². The van der Waals surface area contributed by atoms with Crippen LogP contribution in [0.2, 0.25) is 0 Å². The summed E-state index contributed by atoms with van der Waals surface area (Å²) >= 11 is 1.71. The zero-order valence-corrected chi connectivity index (χ0v) is 16.5. The van der Waals surface area contributed by atoms with Gasteiger partial charge in [-0.15, -0.1) is 11.3 Å². The van der Waals surface area contributed by atoms with Gasteiger partial charge in [0.05, 0.1) is 5.69 Å². The molecule has 6 nitrogen and oxygen atoms in total. The number of nitrogens with zero attached hydrogens (tertiary/aromatic N) is 1. The van der Waals surface area contributed by atoms with Gasteiger partial charge < -0.3 is 15.4 Å². The van der Waals surface area contributed by atoms with Crippen molar-refractivity contribution in [3.05, 3.63) is 64.7 Å². The van der Waals surface area contributed by atoms with Crippen molar-refractivity contribution in [3.63, 3.8) is 0 Å². The Bertz CT molecular complexity index is 1210. The second kappa shape index (κ2) is 7.25. The van der Waals surface area contributed by atoms with Gasteiger partial charge in [-0.2, -0.15) is 0 Å². The highest BCUT2D eigenvalue weighted by Crippen LogP contribution is 2.39. The summed E-state index contributed by atoms with van der Waals surface area (Å²) in [5, 5.41) is 17.0. The van der Waals surface area contributed by atoms with E-state index in [4.69, 9.17) is 10.1 Å². The van der Waals surface area contributed by atoms with Crippen molar-refractivity contribution < 1.29 is 9.90 Å². The van der Waals surface area contributed by atoms with E-state index < -0.39 is 6.09 Å². The maximum absolute atomic E-state index is 10.9. The number of rotatable bonds is 5. The fourth-order valence-corrected chi connectivity index (χ4v) is 4.93. The maximum atomic E-state index is 10.9. The maximum Gasteiger partial charge on any atom is 0.409 e. The lowest BCUT2D eigenvalue weighted by Crippen LogP contribution is -2.09. The first-order valence-corrected chi connectivity index (χ1v) is 10.4. The zero-order valence-electron chi connectivity index (χ0n) is 15.7. The lowest BCUT2D eigenvalue weighted by atomic mass is 9.93. The molecule has 7 heteroatoms. The van der Waals surface area contributed by atoms with Crippen LogP contribution in [-0.2, 0) is 19.3 Å². The number of H-pyrrole nitrogens is 1. The van der Waals surface area contributed by atoms with Crippen LogP contribution in [-0.4, -0.2) is 27.7 Å². The van der Waals surface area contributed by atoms with Gasteiger partial charge in [0.25, 0.3) is 0 Å². The van der Waals surface area contributed by atoms with E-state index in [1.807, 2.05) is 18.2 Å². The number of aromatic amines is 1. The van der Waals surface area contributed by atoms with Gasteiger partial charge in [-0.25, -0.2) is 9.78 Å². The summed E-state index contributed by atoms with van der Waals surface area (Å²) in [6, 6.07) is 14.0. The molecule has 29 heavy (non-hydrogen) atoms. The molecule has 4 aromatic rings. The van der Waals surface area contributed by atoms with Crippen molar-refractivity contribution in [1.82, 2.24) is 9.97 Å². The van der Waals surface area contributed by atoms with Crippen LogP contribution in [0.4, 0.5) is 15.6 Å². The van der Waals surface area contributed by atoms with Gasteiger partial charge in [0, 0.05) is 39.8 Å². The Labute approximate surface area is 171 Å². The summed E-state index contributed by atoms with van der Waals surface area (Å²) in [6.07, 6.45) is 3.79. The second-order valence-electron chi connectivity index (χ2n) is 7.13. The number of thiazole rings is 1. The fraction of sp³-hybridized carbons (Fsp3) is 0.182. The van der Waals surface area contributed by atoms with Crippen LogP contribution in [0, 0.1) is 0 Å². The minimum Gasteiger partial charge on any atom is -0.465 e. The molecular formula is C22H20N4O2S. The number of hydrogen-bond acceptors (Lipinski definition) is 4. The number of carboxylic acid groups (broad SMARTS) is 1. The molecule has 4 N–H and O–H groups in total. The lowest BCUT2D eigenvalue weighted by molar-refractivity contribution is 0.210. The summed E-state index contributed by atoms with van der Waals surface area (Å²) in [5.74, 6) is 0. The average Bonchev–Trinajstić information content (AvgIpc) is 3.31. The van der Waals surface area contributed by atoms with Gasteiger partial charge >= 0.3 is 6.09 Å². The van der Waals surface area contributed by atoms with E-state index in [9.17, 15) is 4.79 Å². The first-order valence-electron chi connectivity index (χ1n) is 9.59. The molecule has 0 spiro atoms. The number of fused-ring (bicyclic) bond motifs is 4. The Morgan fingerprint density at radius 3 is 3.00 bits per heavy atom. The highest BCUT2D eigenvalue weighted by atomic mass is 32.1. The van der Waals surface area contributed by atoms with E-state index in [2.05, 4.69) is 40.0 Å². The number of aryl methyl sites for hydroxylation is 2. The van der Waals surface area contributed by atoms with E-state index in [0.29, 0.717) is 5.69 Å². The molecule has 0 fully saturated rings. The molecule has 0 atom stereocenters. The number of amides is 1. The van der Waals surface area contributed by atoms with Crippen LogP contribution in [0.5, 0.6) is 0 Å². The molecule has 0 bridgehead atoms. The van der Waals surface area contributed by atoms with Crippen molar-refractivity contribution in [1.29, 1.82) is 0 Å². The fourth-order valence-electron chi connectivity index (χ4n) is 3.93. The first-order chi connectivity index (χ1) is 14.2. The molecule has 1 aliphatic carbocycles. The smallest absolute Gasteiger partial charge is 0.409 e. The molecule has 0 unspecified atom stereocenters. The summed E-state index contributed by atoms with van der Waals surface area (Å²) in [7, 11) is 0. The summed E-state index contributed by atoms with van der Waals surface area (Å²) in [5.41, 5.74) is 6.33. The van der Waals surface area contributed by atoms with Gasteiger partial charge in [-0.05, 0) is 48.6 Å². The van der Waals surface area contributed by atoms with Gasteiger partial charge in [0.15, 0.2) is 5.13 Å². The minimum absolute atomic E-state index is 0.604. The number of nitrogens with one attached hydrogen (secondary N) is 3. The van der Waals surface area contributed by atoms with Gasteiger partial charge in [0.2, 0.25) is 0 Å². The van der Waals surface area contributed by atoms with Crippen LogP contribution >= 0.6 is 11.3 Å². The van der Waals surface area contributed by atoms with Crippen LogP contribution < -0.4 is 10.6 Å². The standard InChI is InChI=1S/C22H20N4O2S/c27-22(28)25-15-6-7-17-13(11-15)5-8-19-20(17)26-21(29-19)23-10-9-14-12-24-18-4-2-1-3-16(14)18/h1-4,6-7,11-12,24-25H,5,8-10H2,(H,23,26)(H,27,28). The predicted molar refractivity (Wildman–Crippen MR) is 117 cm³/mol.